The number of nitrogen functional groups attached to an aromatic ring is 1. The number of rotatable bonds is 7. The van der Waals surface area contributed by atoms with Gasteiger partial charge in [0, 0.05) is 25.3 Å². The summed E-state index contributed by atoms with van der Waals surface area (Å²) in [5.41, 5.74) is 7.71. The second-order valence-electron chi connectivity index (χ2n) is 4.73. The van der Waals surface area contributed by atoms with E-state index in [0.29, 0.717) is 12.3 Å². The van der Waals surface area contributed by atoms with Gasteiger partial charge < -0.3 is 20.3 Å². The Kier molecular flexibility index (Phi) is 5.78. The fraction of sp³-hybridized carbons (Fsp3) is 0.571. The monoisotopic (exact) mass is 251 g/mol. The van der Waals surface area contributed by atoms with E-state index in [-0.39, 0.29) is 0 Å². The van der Waals surface area contributed by atoms with Gasteiger partial charge in [-0.25, -0.2) is 0 Å². The van der Waals surface area contributed by atoms with Gasteiger partial charge in [-0.05, 0) is 46.1 Å². The molecule has 0 aliphatic heterocycles. The van der Waals surface area contributed by atoms with Crippen LogP contribution in [0.5, 0.6) is 5.75 Å². The maximum Gasteiger partial charge on any atom is 0.144 e. The summed E-state index contributed by atoms with van der Waals surface area (Å²) in [7, 11) is 6.28. The minimum absolute atomic E-state index is 0.637. The quantitative estimate of drug-likeness (QED) is 0.753. The van der Waals surface area contributed by atoms with Crippen molar-refractivity contribution in [1.29, 1.82) is 0 Å². The van der Waals surface area contributed by atoms with Gasteiger partial charge in [-0.15, -0.1) is 0 Å². The van der Waals surface area contributed by atoms with Crippen molar-refractivity contribution in [1.82, 2.24) is 4.90 Å². The molecule has 2 N–H and O–H groups in total. The Balaban J connectivity index is 2.62. The van der Waals surface area contributed by atoms with Crippen molar-refractivity contribution >= 4 is 11.4 Å². The maximum absolute atomic E-state index is 5.87. The van der Waals surface area contributed by atoms with Crippen molar-refractivity contribution in [3.05, 3.63) is 18.2 Å². The van der Waals surface area contributed by atoms with Crippen molar-refractivity contribution in [2.24, 2.45) is 0 Å². The van der Waals surface area contributed by atoms with E-state index < -0.39 is 0 Å². The van der Waals surface area contributed by atoms with Crippen LogP contribution in [-0.4, -0.2) is 45.7 Å². The summed E-state index contributed by atoms with van der Waals surface area (Å²) in [6, 6.07) is 5.95. The van der Waals surface area contributed by atoms with E-state index >= 15 is 0 Å². The fourth-order valence-corrected chi connectivity index (χ4v) is 1.79. The van der Waals surface area contributed by atoms with Crippen LogP contribution < -0.4 is 15.4 Å². The van der Waals surface area contributed by atoms with Gasteiger partial charge in [0.25, 0.3) is 0 Å². The van der Waals surface area contributed by atoms with Crippen LogP contribution in [0.15, 0.2) is 18.2 Å². The van der Waals surface area contributed by atoms with Crippen LogP contribution in [-0.2, 0) is 0 Å². The maximum atomic E-state index is 5.87. The molecule has 18 heavy (non-hydrogen) atoms. The molecule has 0 aliphatic carbocycles. The third-order valence-electron chi connectivity index (χ3n) is 2.84. The van der Waals surface area contributed by atoms with Crippen molar-refractivity contribution < 1.29 is 4.74 Å². The molecule has 1 rings (SSSR count). The number of benzene rings is 1. The molecule has 0 unspecified atom stereocenters. The summed E-state index contributed by atoms with van der Waals surface area (Å²) in [5.74, 6) is 0.773. The van der Waals surface area contributed by atoms with Gasteiger partial charge in [0.2, 0.25) is 0 Å². The molecule has 0 amide bonds. The lowest BCUT2D eigenvalue weighted by atomic mass is 10.2. The molecule has 102 valence electrons. The van der Waals surface area contributed by atoms with E-state index in [9.17, 15) is 0 Å². The van der Waals surface area contributed by atoms with E-state index in [1.54, 1.807) is 0 Å². The lowest BCUT2D eigenvalue weighted by Crippen LogP contribution is -2.23. The Bertz CT molecular complexity index is 366. The lowest BCUT2D eigenvalue weighted by molar-refractivity contribution is 0.342. The van der Waals surface area contributed by atoms with E-state index in [0.717, 1.165) is 30.9 Å². The zero-order valence-electron chi connectivity index (χ0n) is 11.9. The summed E-state index contributed by atoms with van der Waals surface area (Å²) >= 11 is 0. The molecule has 0 aromatic heterocycles. The van der Waals surface area contributed by atoms with Gasteiger partial charge in [0.1, 0.15) is 5.75 Å². The number of nitrogens with zero attached hydrogens (tertiary/aromatic N) is 2. The second-order valence-corrected chi connectivity index (χ2v) is 4.73. The van der Waals surface area contributed by atoms with Crippen LogP contribution in [0.1, 0.15) is 13.3 Å². The Morgan fingerprint density at radius 2 is 1.89 bits per heavy atom. The van der Waals surface area contributed by atoms with E-state index in [4.69, 9.17) is 10.5 Å². The summed E-state index contributed by atoms with van der Waals surface area (Å²) < 4.78 is 5.51. The van der Waals surface area contributed by atoms with Crippen molar-refractivity contribution in [2.45, 2.75) is 13.3 Å². The number of nitrogens with two attached hydrogens (primary N) is 1. The molecular weight excluding hydrogens is 226 g/mol. The van der Waals surface area contributed by atoms with E-state index in [1.807, 2.05) is 25.1 Å². The van der Waals surface area contributed by atoms with Crippen LogP contribution in [0.2, 0.25) is 0 Å². The first-order chi connectivity index (χ1) is 8.54. The summed E-state index contributed by atoms with van der Waals surface area (Å²) in [5, 5.41) is 0. The topological polar surface area (TPSA) is 41.7 Å². The van der Waals surface area contributed by atoms with Crippen LogP contribution in [0.3, 0.4) is 0 Å². The Labute approximate surface area is 110 Å². The highest BCUT2D eigenvalue weighted by Gasteiger charge is 2.05. The summed E-state index contributed by atoms with van der Waals surface area (Å²) in [6.45, 7) is 4.72. The van der Waals surface area contributed by atoms with Gasteiger partial charge in [-0.2, -0.15) is 0 Å². The van der Waals surface area contributed by atoms with Crippen molar-refractivity contribution in [2.75, 3.05) is 51.5 Å². The molecule has 4 heteroatoms. The van der Waals surface area contributed by atoms with Crippen LogP contribution in [0, 0.1) is 0 Å². The highest BCUT2D eigenvalue weighted by atomic mass is 16.5. The zero-order chi connectivity index (χ0) is 13.5. The normalized spacial score (nSPS) is 10.7. The number of hydrogen-bond donors (Lipinski definition) is 1. The third kappa shape index (κ3) is 4.45. The SMILES string of the molecule is CCOc1cc(N(C)CCCN(C)C)ccc1N. The van der Waals surface area contributed by atoms with Gasteiger partial charge in [-0.3, -0.25) is 0 Å². The molecule has 0 heterocycles. The van der Waals surface area contributed by atoms with Gasteiger partial charge in [0.05, 0.1) is 12.3 Å². The summed E-state index contributed by atoms with van der Waals surface area (Å²) in [4.78, 5) is 4.42. The summed E-state index contributed by atoms with van der Waals surface area (Å²) in [6.07, 6.45) is 1.14. The first-order valence-electron chi connectivity index (χ1n) is 6.42. The Hall–Kier alpha value is -1.42. The standard InChI is InChI=1S/C14H25N3O/c1-5-18-14-11-12(7-8-13(14)15)17(4)10-6-9-16(2)3/h7-8,11H,5-6,9-10,15H2,1-4H3. The van der Waals surface area contributed by atoms with E-state index in [2.05, 4.69) is 30.9 Å². The fourth-order valence-electron chi connectivity index (χ4n) is 1.79. The molecule has 0 spiro atoms. The second kappa shape index (κ2) is 7.11. The molecule has 1 aromatic rings. The molecule has 0 fully saturated rings. The Morgan fingerprint density at radius 3 is 2.50 bits per heavy atom. The molecule has 0 radical (unpaired) electrons. The van der Waals surface area contributed by atoms with Gasteiger partial charge in [0.15, 0.2) is 0 Å². The van der Waals surface area contributed by atoms with Crippen molar-refractivity contribution in [3.8, 4) is 5.75 Å². The van der Waals surface area contributed by atoms with Gasteiger partial charge in [-0.1, -0.05) is 0 Å². The number of ether oxygens (including phenoxy) is 1. The molecule has 1 aromatic carbocycles. The highest BCUT2D eigenvalue weighted by Crippen LogP contribution is 2.27. The molecule has 0 aliphatic rings. The predicted octanol–water partition coefficient (Wildman–Crippen LogP) is 2.06. The molecule has 0 saturated heterocycles. The minimum atomic E-state index is 0.637. The Morgan fingerprint density at radius 1 is 1.17 bits per heavy atom. The van der Waals surface area contributed by atoms with Crippen LogP contribution in [0.25, 0.3) is 0 Å². The van der Waals surface area contributed by atoms with Crippen molar-refractivity contribution in [3.63, 3.8) is 0 Å². The molecule has 4 nitrogen and oxygen atoms in total. The predicted molar refractivity (Wildman–Crippen MR) is 78.5 cm³/mol. The lowest BCUT2D eigenvalue weighted by Gasteiger charge is -2.21. The smallest absolute Gasteiger partial charge is 0.144 e. The average Bonchev–Trinajstić information content (AvgIpc) is 2.31. The van der Waals surface area contributed by atoms with Crippen LogP contribution >= 0.6 is 0 Å². The highest BCUT2D eigenvalue weighted by molar-refractivity contribution is 5.62. The van der Waals surface area contributed by atoms with Crippen LogP contribution in [0.4, 0.5) is 11.4 Å². The van der Waals surface area contributed by atoms with E-state index in [1.165, 1.54) is 0 Å². The number of anilines is 2. The molecule has 0 atom stereocenters. The first-order valence-corrected chi connectivity index (χ1v) is 6.42. The third-order valence-corrected chi connectivity index (χ3v) is 2.84. The molecule has 0 bridgehead atoms. The largest absolute Gasteiger partial charge is 0.492 e. The number of hydrogen-bond acceptors (Lipinski definition) is 4. The zero-order valence-corrected chi connectivity index (χ0v) is 11.9. The molecule has 0 saturated carbocycles. The average molecular weight is 251 g/mol. The van der Waals surface area contributed by atoms with Gasteiger partial charge >= 0.3 is 0 Å². The first kappa shape index (κ1) is 14.6. The minimum Gasteiger partial charge on any atom is -0.492 e. The molecular formula is C14H25N3O.